The van der Waals surface area contributed by atoms with Crippen LogP contribution in [0.1, 0.15) is 17.3 Å². The van der Waals surface area contributed by atoms with E-state index >= 15 is 0 Å². The summed E-state index contributed by atoms with van der Waals surface area (Å²) in [5.74, 6) is -5.37. The lowest BCUT2D eigenvalue weighted by atomic mass is 10.0. The van der Waals surface area contributed by atoms with Crippen molar-refractivity contribution in [3.63, 3.8) is 0 Å². The number of aryl methyl sites for hydroxylation is 1. The molecule has 0 fully saturated rings. The molecule has 1 atom stereocenters. The fraction of sp³-hybridized carbons (Fsp3) is 0.400. The number of alkyl halides is 6. The van der Waals surface area contributed by atoms with Crippen molar-refractivity contribution >= 4 is 0 Å². The first kappa shape index (κ1) is 12.9. The van der Waals surface area contributed by atoms with Crippen LogP contribution in [0.5, 0.6) is 0 Å². The highest BCUT2D eigenvalue weighted by Gasteiger charge is 2.63. The van der Waals surface area contributed by atoms with Crippen molar-refractivity contribution in [1.29, 1.82) is 0 Å². The molecule has 6 heteroatoms. The van der Waals surface area contributed by atoms with Gasteiger partial charge in [-0.15, -0.1) is 0 Å². The Labute approximate surface area is 87.9 Å². The fourth-order valence-electron chi connectivity index (χ4n) is 1.09. The van der Waals surface area contributed by atoms with E-state index in [-0.39, 0.29) is 0 Å². The topological polar surface area (TPSA) is 0 Å². The average molecular weight is 242 g/mol. The van der Waals surface area contributed by atoms with Crippen LogP contribution >= 0.6 is 0 Å². The van der Waals surface area contributed by atoms with Gasteiger partial charge in [-0.25, -0.2) is 4.39 Å². The Hall–Kier alpha value is -1.20. The third-order valence-electron chi connectivity index (χ3n) is 2.07. The highest BCUT2D eigenvalue weighted by Crippen LogP contribution is 2.46. The van der Waals surface area contributed by atoms with E-state index in [0.717, 1.165) is 12.1 Å². The van der Waals surface area contributed by atoms with E-state index in [1.54, 1.807) is 6.92 Å². The summed E-state index contributed by atoms with van der Waals surface area (Å²) in [6.07, 6.45) is -9.27. The van der Waals surface area contributed by atoms with Crippen LogP contribution in [0.2, 0.25) is 0 Å². The summed E-state index contributed by atoms with van der Waals surface area (Å²) < 4.78 is 73.9. The van der Waals surface area contributed by atoms with Gasteiger partial charge in [-0.3, -0.25) is 0 Å². The van der Waals surface area contributed by atoms with Crippen LogP contribution in [0.4, 0.5) is 26.3 Å². The van der Waals surface area contributed by atoms with Gasteiger partial charge in [-0.05, 0) is 12.5 Å². The van der Waals surface area contributed by atoms with Crippen LogP contribution in [0.15, 0.2) is 24.3 Å². The Balaban J connectivity index is 3.02. The number of benzene rings is 1. The lowest BCUT2D eigenvalue weighted by Crippen LogP contribution is -2.40. The molecule has 1 aromatic rings. The van der Waals surface area contributed by atoms with E-state index in [4.69, 9.17) is 0 Å². The van der Waals surface area contributed by atoms with Crippen molar-refractivity contribution in [2.45, 2.75) is 25.2 Å². The van der Waals surface area contributed by atoms with E-state index in [1.807, 2.05) is 0 Å². The molecule has 0 aliphatic rings. The number of rotatable bonds is 2. The zero-order chi connectivity index (χ0) is 12.6. The van der Waals surface area contributed by atoms with Gasteiger partial charge in [0.2, 0.25) is 0 Å². The molecule has 0 saturated carbocycles. The first-order chi connectivity index (χ1) is 7.16. The molecule has 0 N–H and O–H groups in total. The minimum atomic E-state index is -5.89. The standard InChI is InChI=1S/C10H8F6/c1-6-2-4-7(5-3-6)8(11)9(12,13)10(14,15)16/h2-5,8H,1H3. The van der Waals surface area contributed by atoms with Crippen molar-refractivity contribution in [2.24, 2.45) is 0 Å². The summed E-state index contributed by atoms with van der Waals surface area (Å²) in [6.45, 7) is 1.61. The average Bonchev–Trinajstić information content (AvgIpc) is 2.16. The summed E-state index contributed by atoms with van der Waals surface area (Å²) >= 11 is 0. The second kappa shape index (κ2) is 3.99. The molecule has 16 heavy (non-hydrogen) atoms. The largest absolute Gasteiger partial charge is 0.456 e. The van der Waals surface area contributed by atoms with Crippen molar-refractivity contribution in [3.05, 3.63) is 35.4 Å². The van der Waals surface area contributed by atoms with Crippen molar-refractivity contribution in [2.75, 3.05) is 0 Å². The molecule has 0 aliphatic carbocycles. The first-order valence-corrected chi connectivity index (χ1v) is 4.31. The summed E-state index contributed by atoms with van der Waals surface area (Å²) in [4.78, 5) is 0. The van der Waals surface area contributed by atoms with Crippen LogP contribution in [0.3, 0.4) is 0 Å². The maximum absolute atomic E-state index is 13.1. The molecule has 0 heterocycles. The molecule has 0 nitrogen and oxygen atoms in total. The molecule has 0 bridgehead atoms. The van der Waals surface area contributed by atoms with Gasteiger partial charge in [0.1, 0.15) is 0 Å². The second-order valence-corrected chi connectivity index (χ2v) is 3.39. The van der Waals surface area contributed by atoms with E-state index in [9.17, 15) is 26.3 Å². The third-order valence-corrected chi connectivity index (χ3v) is 2.07. The lowest BCUT2D eigenvalue weighted by Gasteiger charge is -2.23. The summed E-state index contributed by atoms with van der Waals surface area (Å²) in [6, 6.07) is 4.38. The van der Waals surface area contributed by atoms with Gasteiger partial charge in [0, 0.05) is 0 Å². The van der Waals surface area contributed by atoms with Gasteiger partial charge in [0.25, 0.3) is 0 Å². The lowest BCUT2D eigenvalue weighted by molar-refractivity contribution is -0.305. The molecule has 1 rings (SSSR count). The summed E-state index contributed by atoms with van der Waals surface area (Å²) in [5.41, 5.74) is -0.0424. The molecule has 90 valence electrons. The Bertz CT molecular complexity index is 351. The van der Waals surface area contributed by atoms with Crippen molar-refractivity contribution < 1.29 is 26.3 Å². The van der Waals surface area contributed by atoms with Gasteiger partial charge in [-0.2, -0.15) is 22.0 Å². The molecule has 0 aromatic heterocycles. The molecule has 1 unspecified atom stereocenters. The molecule has 0 saturated heterocycles. The van der Waals surface area contributed by atoms with Gasteiger partial charge in [-0.1, -0.05) is 29.8 Å². The first-order valence-electron chi connectivity index (χ1n) is 4.31. The molecular formula is C10H8F6. The zero-order valence-corrected chi connectivity index (χ0v) is 8.15. The second-order valence-electron chi connectivity index (χ2n) is 3.39. The minimum Gasteiger partial charge on any atom is -0.235 e. The highest BCUT2D eigenvalue weighted by atomic mass is 19.4. The van der Waals surface area contributed by atoms with E-state index in [0.29, 0.717) is 5.56 Å². The SMILES string of the molecule is Cc1ccc(C(F)C(F)(F)C(F)(F)F)cc1. The van der Waals surface area contributed by atoms with Crippen LogP contribution < -0.4 is 0 Å². The maximum atomic E-state index is 13.1. The van der Waals surface area contributed by atoms with Crippen molar-refractivity contribution in [1.82, 2.24) is 0 Å². The molecule has 0 radical (unpaired) electrons. The Morgan fingerprint density at radius 3 is 1.75 bits per heavy atom. The number of hydrogen-bond donors (Lipinski definition) is 0. The number of hydrogen-bond acceptors (Lipinski definition) is 0. The van der Waals surface area contributed by atoms with Gasteiger partial charge < -0.3 is 0 Å². The third kappa shape index (κ3) is 2.31. The molecule has 0 spiro atoms. The normalized spacial score (nSPS) is 14.9. The van der Waals surface area contributed by atoms with E-state index in [2.05, 4.69) is 0 Å². The predicted octanol–water partition coefficient (Wildman–Crippen LogP) is 4.20. The van der Waals surface area contributed by atoms with Crippen molar-refractivity contribution in [3.8, 4) is 0 Å². The maximum Gasteiger partial charge on any atom is 0.456 e. The Morgan fingerprint density at radius 2 is 1.38 bits per heavy atom. The zero-order valence-electron chi connectivity index (χ0n) is 8.15. The smallest absolute Gasteiger partial charge is 0.235 e. The highest BCUT2D eigenvalue weighted by molar-refractivity contribution is 5.24. The van der Waals surface area contributed by atoms with E-state index in [1.165, 1.54) is 12.1 Å². The Morgan fingerprint density at radius 1 is 0.938 bits per heavy atom. The predicted molar refractivity (Wildman–Crippen MR) is 46.0 cm³/mol. The van der Waals surface area contributed by atoms with Crippen LogP contribution in [-0.2, 0) is 0 Å². The summed E-state index contributed by atoms with van der Waals surface area (Å²) in [5, 5.41) is 0. The van der Waals surface area contributed by atoms with Gasteiger partial charge in [0.05, 0.1) is 0 Å². The minimum absolute atomic E-state index is 0.645. The monoisotopic (exact) mass is 242 g/mol. The Kier molecular flexibility index (Phi) is 3.21. The molecule has 0 amide bonds. The van der Waals surface area contributed by atoms with Crippen LogP contribution in [0.25, 0.3) is 0 Å². The fourth-order valence-corrected chi connectivity index (χ4v) is 1.09. The van der Waals surface area contributed by atoms with Crippen LogP contribution in [-0.4, -0.2) is 12.1 Å². The molecule has 1 aromatic carbocycles. The van der Waals surface area contributed by atoms with Gasteiger partial charge >= 0.3 is 12.1 Å². The van der Waals surface area contributed by atoms with E-state index < -0.39 is 23.8 Å². The molecule has 0 aliphatic heterocycles. The summed E-state index contributed by atoms with van der Waals surface area (Å²) in [7, 11) is 0. The quantitative estimate of drug-likeness (QED) is 0.681. The van der Waals surface area contributed by atoms with Crippen LogP contribution in [0, 0.1) is 6.92 Å². The number of halogens is 6. The molecular weight excluding hydrogens is 234 g/mol. The van der Waals surface area contributed by atoms with Gasteiger partial charge in [0.15, 0.2) is 6.17 Å².